The van der Waals surface area contributed by atoms with Gasteiger partial charge in [-0.25, -0.2) is 8.42 Å². The zero-order valence-corrected chi connectivity index (χ0v) is 24.9. The van der Waals surface area contributed by atoms with Gasteiger partial charge in [-0.05, 0) is 55.0 Å². The second-order valence-corrected chi connectivity index (χ2v) is 12.4. The molecule has 0 bridgehead atoms. The van der Waals surface area contributed by atoms with Gasteiger partial charge in [0.1, 0.15) is 12.6 Å². The fourth-order valence-corrected chi connectivity index (χ4v) is 7.00. The highest BCUT2D eigenvalue weighted by molar-refractivity contribution is 7.92. The molecule has 1 fully saturated rings. The summed E-state index contributed by atoms with van der Waals surface area (Å²) in [7, 11) is -4.08. The van der Waals surface area contributed by atoms with Crippen molar-refractivity contribution in [2.75, 3.05) is 10.8 Å². The van der Waals surface area contributed by atoms with E-state index in [2.05, 4.69) is 5.32 Å². The number of carbonyl (C=O) groups excluding carboxylic acids is 2. The van der Waals surface area contributed by atoms with Crippen molar-refractivity contribution in [3.63, 3.8) is 0 Å². The lowest BCUT2D eigenvalue weighted by Crippen LogP contribution is -2.54. The molecule has 4 rings (SSSR count). The lowest BCUT2D eigenvalue weighted by molar-refractivity contribution is -0.140. The molecule has 0 heterocycles. The predicted octanol–water partition coefficient (Wildman–Crippen LogP) is 5.70. The quantitative estimate of drug-likeness (QED) is 0.300. The minimum Gasteiger partial charge on any atom is -0.352 e. The molecule has 8 heteroatoms. The first kappa shape index (κ1) is 30.3. The third-order valence-electron chi connectivity index (χ3n) is 7.78. The Kier molecular flexibility index (Phi) is 10.6. The Balaban J connectivity index is 1.71. The first-order chi connectivity index (χ1) is 19.8. The van der Waals surface area contributed by atoms with Crippen molar-refractivity contribution in [1.82, 2.24) is 10.2 Å². The number of para-hydroxylation sites is 1. The van der Waals surface area contributed by atoms with E-state index in [1.54, 1.807) is 35.2 Å². The van der Waals surface area contributed by atoms with Gasteiger partial charge in [0, 0.05) is 12.6 Å². The van der Waals surface area contributed by atoms with Crippen LogP contribution in [0.1, 0.15) is 63.5 Å². The van der Waals surface area contributed by atoms with Crippen molar-refractivity contribution < 1.29 is 18.0 Å². The largest absolute Gasteiger partial charge is 0.352 e. The molecular formula is C33H41N3O4S. The predicted molar refractivity (Wildman–Crippen MR) is 163 cm³/mol. The molecule has 218 valence electrons. The van der Waals surface area contributed by atoms with Gasteiger partial charge in [-0.3, -0.25) is 13.9 Å². The molecule has 0 aliphatic heterocycles. The second-order valence-electron chi connectivity index (χ2n) is 10.6. The molecular weight excluding hydrogens is 534 g/mol. The van der Waals surface area contributed by atoms with E-state index in [1.807, 2.05) is 56.3 Å². The summed E-state index contributed by atoms with van der Waals surface area (Å²) < 4.78 is 29.3. The Labute approximate surface area is 244 Å². The van der Waals surface area contributed by atoms with E-state index in [0.717, 1.165) is 36.8 Å². The molecule has 1 unspecified atom stereocenters. The second kappa shape index (κ2) is 14.3. The molecule has 1 aliphatic carbocycles. The molecule has 0 radical (unpaired) electrons. The van der Waals surface area contributed by atoms with Crippen molar-refractivity contribution in [3.05, 3.63) is 96.1 Å². The van der Waals surface area contributed by atoms with Crippen LogP contribution >= 0.6 is 0 Å². The third kappa shape index (κ3) is 7.55. The summed E-state index contributed by atoms with van der Waals surface area (Å²) in [4.78, 5) is 29.5. The summed E-state index contributed by atoms with van der Waals surface area (Å²) in [6.07, 6.45) is 6.22. The normalized spacial score (nSPS) is 14.7. The molecule has 0 aromatic heterocycles. The minimum atomic E-state index is -4.08. The molecule has 3 aromatic rings. The van der Waals surface area contributed by atoms with Crippen LogP contribution in [0.25, 0.3) is 0 Å². The first-order valence-corrected chi connectivity index (χ1v) is 16.1. The summed E-state index contributed by atoms with van der Waals surface area (Å²) in [6.45, 7) is 3.62. The Morgan fingerprint density at radius 1 is 0.854 bits per heavy atom. The smallest absolute Gasteiger partial charge is 0.264 e. The fourth-order valence-electron chi connectivity index (χ4n) is 5.53. The molecule has 0 saturated heterocycles. The average Bonchev–Trinajstić information content (AvgIpc) is 3.01. The van der Waals surface area contributed by atoms with Gasteiger partial charge >= 0.3 is 0 Å². The molecule has 0 spiro atoms. The van der Waals surface area contributed by atoms with Gasteiger partial charge in [0.25, 0.3) is 10.0 Å². The number of anilines is 1. The Morgan fingerprint density at radius 3 is 2.10 bits per heavy atom. The lowest BCUT2D eigenvalue weighted by Gasteiger charge is -2.34. The lowest BCUT2D eigenvalue weighted by atomic mass is 9.95. The first-order valence-electron chi connectivity index (χ1n) is 14.6. The van der Waals surface area contributed by atoms with E-state index < -0.39 is 28.5 Å². The van der Waals surface area contributed by atoms with Crippen LogP contribution in [0.5, 0.6) is 0 Å². The van der Waals surface area contributed by atoms with Gasteiger partial charge in [0.15, 0.2) is 0 Å². The fraction of sp³-hybridized carbons (Fsp3) is 0.394. The SMILES string of the molecule is CCc1ccccc1N(CC(=O)N(Cc1ccccc1)C(CC)C(=O)NC1CCCCC1)S(=O)(=O)c1ccccc1. The van der Waals surface area contributed by atoms with Gasteiger partial charge in [0.2, 0.25) is 11.8 Å². The van der Waals surface area contributed by atoms with Crippen molar-refractivity contribution >= 4 is 27.5 Å². The summed E-state index contributed by atoms with van der Waals surface area (Å²) in [5.41, 5.74) is 2.15. The monoisotopic (exact) mass is 575 g/mol. The number of sulfonamides is 1. The molecule has 1 N–H and O–H groups in total. The Bertz CT molecular complexity index is 1390. The number of amides is 2. The molecule has 41 heavy (non-hydrogen) atoms. The topological polar surface area (TPSA) is 86.8 Å². The van der Waals surface area contributed by atoms with Crippen molar-refractivity contribution in [2.24, 2.45) is 0 Å². The van der Waals surface area contributed by atoms with E-state index in [-0.39, 0.29) is 23.4 Å². The van der Waals surface area contributed by atoms with E-state index in [4.69, 9.17) is 0 Å². The van der Waals surface area contributed by atoms with Crippen molar-refractivity contribution in [2.45, 2.75) is 82.3 Å². The van der Waals surface area contributed by atoms with Crippen LogP contribution < -0.4 is 9.62 Å². The van der Waals surface area contributed by atoms with Crippen LogP contribution in [0.4, 0.5) is 5.69 Å². The van der Waals surface area contributed by atoms with E-state index in [1.165, 1.54) is 22.9 Å². The van der Waals surface area contributed by atoms with Crippen LogP contribution in [-0.2, 0) is 32.6 Å². The van der Waals surface area contributed by atoms with Gasteiger partial charge in [-0.15, -0.1) is 0 Å². The number of benzene rings is 3. The number of nitrogens with zero attached hydrogens (tertiary/aromatic N) is 2. The maximum absolute atomic E-state index is 14.2. The molecule has 2 amide bonds. The minimum absolute atomic E-state index is 0.102. The standard InChI is InChI=1S/C33H41N3O4S/c1-3-27-18-14-15-23-31(27)36(41(39,40)29-21-12-7-13-22-29)25-32(37)35(24-26-16-8-5-9-17-26)30(4-2)33(38)34-28-19-10-6-11-20-28/h5,7-9,12-18,21-23,28,30H,3-4,6,10-11,19-20,24-25H2,1-2H3,(H,34,38). The number of hydrogen-bond donors (Lipinski definition) is 1. The summed E-state index contributed by atoms with van der Waals surface area (Å²) in [5.74, 6) is -0.611. The Hall–Kier alpha value is -3.65. The summed E-state index contributed by atoms with van der Waals surface area (Å²) in [6, 6.07) is 24.3. The number of rotatable bonds is 12. The van der Waals surface area contributed by atoms with Crippen LogP contribution in [0.3, 0.4) is 0 Å². The zero-order valence-electron chi connectivity index (χ0n) is 24.0. The summed E-state index contributed by atoms with van der Waals surface area (Å²) >= 11 is 0. The maximum atomic E-state index is 14.2. The summed E-state index contributed by atoms with van der Waals surface area (Å²) in [5, 5.41) is 3.19. The molecule has 1 atom stereocenters. The van der Waals surface area contributed by atoms with E-state index >= 15 is 0 Å². The molecule has 7 nitrogen and oxygen atoms in total. The van der Waals surface area contributed by atoms with E-state index in [9.17, 15) is 18.0 Å². The van der Waals surface area contributed by atoms with Crippen LogP contribution in [-0.4, -0.2) is 43.8 Å². The highest BCUT2D eigenvalue weighted by Gasteiger charge is 2.34. The number of hydrogen-bond acceptors (Lipinski definition) is 4. The van der Waals surface area contributed by atoms with Gasteiger partial charge in [-0.1, -0.05) is 99.8 Å². The molecule has 3 aromatic carbocycles. The van der Waals surface area contributed by atoms with Crippen LogP contribution in [0, 0.1) is 0 Å². The Morgan fingerprint density at radius 2 is 1.46 bits per heavy atom. The van der Waals surface area contributed by atoms with Crippen molar-refractivity contribution in [1.29, 1.82) is 0 Å². The number of aryl methyl sites for hydroxylation is 1. The van der Waals surface area contributed by atoms with Crippen LogP contribution in [0.2, 0.25) is 0 Å². The maximum Gasteiger partial charge on any atom is 0.264 e. The molecule has 1 saturated carbocycles. The van der Waals surface area contributed by atoms with Gasteiger partial charge in [-0.2, -0.15) is 0 Å². The number of carbonyl (C=O) groups is 2. The highest BCUT2D eigenvalue weighted by Crippen LogP contribution is 2.28. The zero-order chi connectivity index (χ0) is 29.2. The highest BCUT2D eigenvalue weighted by atomic mass is 32.2. The van der Waals surface area contributed by atoms with E-state index in [0.29, 0.717) is 18.5 Å². The van der Waals surface area contributed by atoms with Crippen molar-refractivity contribution in [3.8, 4) is 0 Å². The molecule has 1 aliphatic rings. The average molecular weight is 576 g/mol. The number of nitrogens with one attached hydrogen (secondary N) is 1. The third-order valence-corrected chi connectivity index (χ3v) is 9.56. The van der Waals surface area contributed by atoms with Gasteiger partial charge < -0.3 is 10.2 Å². The van der Waals surface area contributed by atoms with Gasteiger partial charge in [0.05, 0.1) is 10.6 Å². The van der Waals surface area contributed by atoms with Crippen LogP contribution in [0.15, 0.2) is 89.8 Å².